The van der Waals surface area contributed by atoms with Crippen molar-refractivity contribution in [1.82, 2.24) is 5.32 Å². The van der Waals surface area contributed by atoms with Gasteiger partial charge in [0.05, 0.1) is 5.57 Å². The van der Waals surface area contributed by atoms with Crippen LogP contribution in [0.1, 0.15) is 0 Å². The zero-order valence-electron chi connectivity index (χ0n) is 8.10. The summed E-state index contributed by atoms with van der Waals surface area (Å²) in [6.45, 7) is 0.530. The van der Waals surface area contributed by atoms with Crippen LogP contribution in [0.4, 0.5) is 5.69 Å². The number of carbonyl (C=O) groups excluding carboxylic acids is 1. The third-order valence-electron chi connectivity index (χ3n) is 1.96. The highest BCUT2D eigenvalue weighted by atomic mass is 16.1. The first-order chi connectivity index (χ1) is 7.36. The minimum absolute atomic E-state index is 0.155. The van der Waals surface area contributed by atoms with E-state index < -0.39 is 0 Å². The van der Waals surface area contributed by atoms with Gasteiger partial charge in [0.15, 0.2) is 0 Å². The molecule has 2 rings (SSSR count). The minimum Gasteiger partial charge on any atom is -0.372 e. The van der Waals surface area contributed by atoms with Crippen molar-refractivity contribution in [2.24, 2.45) is 4.99 Å². The number of anilines is 1. The third-order valence-corrected chi connectivity index (χ3v) is 1.96. The molecule has 0 atom stereocenters. The molecular formula is C11H11N3O. The number of amides is 1. The molecule has 0 saturated heterocycles. The number of hydrogen-bond acceptors (Lipinski definition) is 3. The van der Waals surface area contributed by atoms with Crippen LogP contribution < -0.4 is 10.6 Å². The Morgan fingerprint density at radius 1 is 1.33 bits per heavy atom. The fraction of sp³-hybridized carbons (Fsp3) is 0.0909. The van der Waals surface area contributed by atoms with E-state index in [2.05, 4.69) is 15.6 Å². The van der Waals surface area contributed by atoms with E-state index in [-0.39, 0.29) is 5.91 Å². The predicted octanol–water partition coefficient (Wildman–Crippen LogP) is 1.14. The average Bonchev–Trinajstić information content (AvgIpc) is 2.31. The Balaban J connectivity index is 2.04. The normalized spacial score (nSPS) is 14.0. The average molecular weight is 201 g/mol. The lowest BCUT2D eigenvalue weighted by molar-refractivity contribution is -0.112. The summed E-state index contributed by atoms with van der Waals surface area (Å²) in [6, 6.07) is 9.32. The maximum atomic E-state index is 11.7. The number of hydrogen-bond donors (Lipinski definition) is 2. The van der Waals surface area contributed by atoms with Gasteiger partial charge in [0.1, 0.15) is 6.67 Å². The molecule has 1 aliphatic rings. The van der Waals surface area contributed by atoms with Gasteiger partial charge in [-0.25, -0.2) is 0 Å². The maximum Gasteiger partial charge on any atom is 0.258 e. The van der Waals surface area contributed by atoms with Crippen LogP contribution in [0.3, 0.4) is 0 Å². The van der Waals surface area contributed by atoms with Crippen LogP contribution in [0.25, 0.3) is 0 Å². The summed E-state index contributed by atoms with van der Waals surface area (Å²) >= 11 is 0. The highest BCUT2D eigenvalue weighted by Gasteiger charge is 2.08. The summed E-state index contributed by atoms with van der Waals surface area (Å²) < 4.78 is 0. The standard InChI is InChI=1S/C11H11N3O/c15-11(9-6-12-8-13-7-9)14-10-4-2-1-3-5-10/h1-7,12H,8H2,(H,14,15). The monoisotopic (exact) mass is 201 g/mol. The molecule has 76 valence electrons. The Morgan fingerprint density at radius 3 is 2.80 bits per heavy atom. The van der Waals surface area contributed by atoms with Gasteiger partial charge in [0, 0.05) is 18.1 Å². The smallest absolute Gasteiger partial charge is 0.258 e. The molecule has 0 aromatic heterocycles. The molecule has 1 aromatic rings. The van der Waals surface area contributed by atoms with Crippen molar-refractivity contribution in [2.45, 2.75) is 0 Å². The Hall–Kier alpha value is -2.10. The molecule has 0 bridgehead atoms. The van der Waals surface area contributed by atoms with E-state index in [0.29, 0.717) is 12.2 Å². The number of para-hydroxylation sites is 1. The molecular weight excluding hydrogens is 190 g/mol. The lowest BCUT2D eigenvalue weighted by Crippen LogP contribution is -2.21. The number of aliphatic imine (C=N–C) groups is 1. The summed E-state index contributed by atoms with van der Waals surface area (Å²) in [6.07, 6.45) is 3.22. The van der Waals surface area contributed by atoms with Crippen LogP contribution in [0.15, 0.2) is 47.1 Å². The lowest BCUT2D eigenvalue weighted by atomic mass is 10.2. The predicted molar refractivity (Wildman–Crippen MR) is 59.6 cm³/mol. The van der Waals surface area contributed by atoms with E-state index in [4.69, 9.17) is 0 Å². The number of rotatable bonds is 2. The molecule has 1 amide bonds. The molecule has 4 nitrogen and oxygen atoms in total. The van der Waals surface area contributed by atoms with Crippen molar-refractivity contribution < 1.29 is 4.79 Å². The zero-order valence-corrected chi connectivity index (χ0v) is 8.10. The highest BCUT2D eigenvalue weighted by molar-refractivity contribution is 6.17. The van der Waals surface area contributed by atoms with E-state index in [1.165, 1.54) is 0 Å². The molecule has 1 aromatic carbocycles. The molecule has 4 heteroatoms. The van der Waals surface area contributed by atoms with Crippen LogP contribution in [0.2, 0.25) is 0 Å². The van der Waals surface area contributed by atoms with Crippen LogP contribution >= 0.6 is 0 Å². The van der Waals surface area contributed by atoms with E-state index >= 15 is 0 Å². The van der Waals surface area contributed by atoms with Gasteiger partial charge in [-0.1, -0.05) is 18.2 Å². The Kier molecular flexibility index (Phi) is 2.78. The summed E-state index contributed by atoms with van der Waals surface area (Å²) in [5.41, 5.74) is 1.31. The third kappa shape index (κ3) is 2.43. The SMILES string of the molecule is O=C(Nc1ccccc1)C1=CNCN=C1. The Bertz CT molecular complexity index is 409. The fourth-order valence-electron chi connectivity index (χ4n) is 1.24. The lowest BCUT2D eigenvalue weighted by Gasteiger charge is -2.08. The Morgan fingerprint density at radius 2 is 2.13 bits per heavy atom. The molecule has 15 heavy (non-hydrogen) atoms. The first kappa shape index (κ1) is 9.45. The van der Waals surface area contributed by atoms with Gasteiger partial charge in [-0.2, -0.15) is 0 Å². The molecule has 0 radical (unpaired) electrons. The second-order valence-corrected chi connectivity index (χ2v) is 3.09. The van der Waals surface area contributed by atoms with Crippen LogP contribution in [-0.2, 0) is 4.79 Å². The first-order valence-electron chi connectivity index (χ1n) is 4.66. The quantitative estimate of drug-likeness (QED) is 0.753. The fourth-order valence-corrected chi connectivity index (χ4v) is 1.24. The highest BCUT2D eigenvalue weighted by Crippen LogP contribution is 2.06. The van der Waals surface area contributed by atoms with Crippen molar-refractivity contribution in [3.05, 3.63) is 42.1 Å². The summed E-state index contributed by atoms with van der Waals surface area (Å²) in [7, 11) is 0. The Labute approximate surface area is 87.7 Å². The van der Waals surface area contributed by atoms with Gasteiger partial charge in [-0.15, -0.1) is 0 Å². The van der Waals surface area contributed by atoms with Gasteiger partial charge in [-0.05, 0) is 12.1 Å². The minimum atomic E-state index is -0.155. The van der Waals surface area contributed by atoms with Crippen LogP contribution in [0.5, 0.6) is 0 Å². The number of benzene rings is 1. The topological polar surface area (TPSA) is 53.5 Å². The van der Waals surface area contributed by atoms with Crippen molar-refractivity contribution in [2.75, 3.05) is 12.0 Å². The zero-order chi connectivity index (χ0) is 10.5. The number of nitrogens with zero attached hydrogens (tertiary/aromatic N) is 1. The van der Waals surface area contributed by atoms with Crippen molar-refractivity contribution in [3.63, 3.8) is 0 Å². The summed E-state index contributed by atoms with van der Waals surface area (Å²) in [5, 5.41) is 5.65. The maximum absolute atomic E-state index is 11.7. The van der Waals surface area contributed by atoms with E-state index in [9.17, 15) is 4.79 Å². The van der Waals surface area contributed by atoms with Gasteiger partial charge >= 0.3 is 0 Å². The molecule has 2 N–H and O–H groups in total. The molecule has 1 heterocycles. The van der Waals surface area contributed by atoms with Crippen molar-refractivity contribution >= 4 is 17.8 Å². The van der Waals surface area contributed by atoms with E-state index in [1.54, 1.807) is 12.4 Å². The van der Waals surface area contributed by atoms with Gasteiger partial charge < -0.3 is 10.6 Å². The number of carbonyl (C=O) groups is 1. The summed E-state index contributed by atoms with van der Waals surface area (Å²) in [5.74, 6) is -0.155. The van der Waals surface area contributed by atoms with Crippen LogP contribution in [-0.4, -0.2) is 18.8 Å². The number of nitrogens with one attached hydrogen (secondary N) is 2. The van der Waals surface area contributed by atoms with Gasteiger partial charge in [-0.3, -0.25) is 9.79 Å². The van der Waals surface area contributed by atoms with Crippen molar-refractivity contribution in [3.8, 4) is 0 Å². The second-order valence-electron chi connectivity index (χ2n) is 3.09. The largest absolute Gasteiger partial charge is 0.372 e. The van der Waals surface area contributed by atoms with Gasteiger partial charge in [0.2, 0.25) is 0 Å². The molecule has 0 aliphatic carbocycles. The molecule has 0 unspecified atom stereocenters. The van der Waals surface area contributed by atoms with Gasteiger partial charge in [0.25, 0.3) is 5.91 Å². The second kappa shape index (κ2) is 4.41. The molecule has 0 saturated carbocycles. The molecule has 0 spiro atoms. The van der Waals surface area contributed by atoms with Crippen LogP contribution in [0, 0.1) is 0 Å². The first-order valence-corrected chi connectivity index (χ1v) is 4.66. The van der Waals surface area contributed by atoms with E-state index in [0.717, 1.165) is 5.69 Å². The van der Waals surface area contributed by atoms with E-state index in [1.807, 2.05) is 30.3 Å². The molecule has 1 aliphatic heterocycles. The van der Waals surface area contributed by atoms with Crippen molar-refractivity contribution in [1.29, 1.82) is 0 Å². The molecule has 0 fully saturated rings. The summed E-state index contributed by atoms with van der Waals surface area (Å²) in [4.78, 5) is 15.6.